The third-order valence-corrected chi connectivity index (χ3v) is 8.55. The lowest BCUT2D eigenvalue weighted by Crippen LogP contribution is -2.33. The number of carbonyl (C=O) groups excluding carboxylic acids is 1. The van der Waals surface area contributed by atoms with E-state index in [1.807, 2.05) is 24.3 Å². The number of ether oxygens (including phenoxy) is 3. The number of pyridine rings is 1. The number of hydrogen-bond acceptors (Lipinski definition) is 9. The van der Waals surface area contributed by atoms with E-state index in [0.29, 0.717) is 36.0 Å². The number of hydrogen-bond donors (Lipinski definition) is 0. The zero-order valence-corrected chi connectivity index (χ0v) is 24.0. The van der Waals surface area contributed by atoms with Crippen molar-refractivity contribution in [1.29, 1.82) is 5.26 Å². The van der Waals surface area contributed by atoms with Gasteiger partial charge in [-0.1, -0.05) is 18.2 Å². The summed E-state index contributed by atoms with van der Waals surface area (Å²) < 4.78 is 33.1. The number of nitriles is 1. The molecule has 0 radical (unpaired) electrons. The second kappa shape index (κ2) is 12.4. The summed E-state index contributed by atoms with van der Waals surface area (Å²) in [5, 5.41) is 8.93. The molecule has 0 saturated carbocycles. The monoisotopic (exact) mass is 587 g/mol. The average molecular weight is 588 g/mol. The molecule has 0 spiro atoms. The van der Waals surface area contributed by atoms with E-state index >= 15 is 0 Å². The Hall–Kier alpha value is -4.11. The molecule has 0 unspecified atom stereocenters. The highest BCUT2D eigenvalue weighted by Crippen LogP contribution is 2.30. The molecule has 216 valence electrons. The van der Waals surface area contributed by atoms with Crippen LogP contribution in [0.25, 0.3) is 15.9 Å². The highest BCUT2D eigenvalue weighted by Gasteiger charge is 2.25. The van der Waals surface area contributed by atoms with Crippen molar-refractivity contribution in [1.82, 2.24) is 19.4 Å². The van der Waals surface area contributed by atoms with Gasteiger partial charge in [0.25, 0.3) is 0 Å². The van der Waals surface area contributed by atoms with Gasteiger partial charge in [0.1, 0.15) is 33.5 Å². The van der Waals surface area contributed by atoms with Crippen molar-refractivity contribution in [2.45, 2.75) is 45.6 Å². The Morgan fingerprint density at radius 2 is 2.14 bits per heavy atom. The smallest absolute Gasteiger partial charge is 0.348 e. The molecular weight excluding hydrogens is 557 g/mol. The first-order chi connectivity index (χ1) is 20.5. The molecule has 0 bridgehead atoms. The van der Waals surface area contributed by atoms with E-state index in [9.17, 15) is 9.18 Å². The summed E-state index contributed by atoms with van der Waals surface area (Å²) in [7, 11) is 0. The number of imidazole rings is 1. The van der Waals surface area contributed by atoms with Crippen molar-refractivity contribution in [2.24, 2.45) is 0 Å². The number of nitrogens with zero attached hydrogens (tertiary/aromatic N) is 5. The van der Waals surface area contributed by atoms with E-state index in [1.165, 1.54) is 17.4 Å². The third-order valence-electron chi connectivity index (χ3n) is 7.42. The highest BCUT2D eigenvalue weighted by atomic mass is 32.1. The average Bonchev–Trinajstić information content (AvgIpc) is 3.53. The van der Waals surface area contributed by atoms with E-state index in [1.54, 1.807) is 25.1 Å². The molecule has 3 aromatic heterocycles. The van der Waals surface area contributed by atoms with Gasteiger partial charge in [0, 0.05) is 31.3 Å². The van der Waals surface area contributed by atoms with E-state index < -0.39 is 5.82 Å². The Balaban J connectivity index is 1.12. The lowest BCUT2D eigenvalue weighted by Gasteiger charge is -2.29. The van der Waals surface area contributed by atoms with Crippen molar-refractivity contribution in [3.05, 3.63) is 81.9 Å². The molecule has 0 amide bonds. The largest absolute Gasteiger partial charge is 0.473 e. The van der Waals surface area contributed by atoms with Gasteiger partial charge >= 0.3 is 5.97 Å². The number of rotatable bonds is 10. The van der Waals surface area contributed by atoms with Gasteiger partial charge in [-0.2, -0.15) is 5.26 Å². The number of aromatic nitrogens is 3. The fourth-order valence-corrected chi connectivity index (χ4v) is 6.07. The van der Waals surface area contributed by atoms with Gasteiger partial charge in [0.05, 0.1) is 43.1 Å². The van der Waals surface area contributed by atoms with E-state index in [2.05, 4.69) is 20.5 Å². The molecule has 1 atom stereocenters. The van der Waals surface area contributed by atoms with Crippen LogP contribution < -0.4 is 4.74 Å². The number of thiophene rings is 1. The SMILES string of the molecule is CCOC(=O)c1cc2nc(CN3CC=C(c4cccc(OCc5ccc(C#N)cc5F)n4)CC3)n(C[C@@H]3CCO3)c2s1. The van der Waals surface area contributed by atoms with Crippen molar-refractivity contribution in [3.63, 3.8) is 0 Å². The molecule has 2 aliphatic rings. The number of esters is 1. The van der Waals surface area contributed by atoms with E-state index in [-0.39, 0.29) is 24.2 Å². The predicted octanol–water partition coefficient (Wildman–Crippen LogP) is 5.34. The van der Waals surface area contributed by atoms with Gasteiger partial charge in [0.2, 0.25) is 5.88 Å². The van der Waals surface area contributed by atoms with Gasteiger partial charge in [0.15, 0.2) is 0 Å². The summed E-state index contributed by atoms with van der Waals surface area (Å²) >= 11 is 1.42. The van der Waals surface area contributed by atoms with Crippen LogP contribution in [0.15, 0.2) is 48.5 Å². The maximum absolute atomic E-state index is 14.2. The summed E-state index contributed by atoms with van der Waals surface area (Å²) in [5.41, 5.74) is 3.42. The van der Waals surface area contributed by atoms with Gasteiger partial charge in [-0.3, -0.25) is 4.90 Å². The maximum atomic E-state index is 14.2. The van der Waals surface area contributed by atoms with E-state index in [4.69, 9.17) is 24.5 Å². The first-order valence-electron chi connectivity index (χ1n) is 14.0. The molecule has 2 aliphatic heterocycles. The fraction of sp³-hybridized carbons (Fsp3) is 0.355. The lowest BCUT2D eigenvalue weighted by molar-refractivity contribution is -0.0591. The second-order valence-corrected chi connectivity index (χ2v) is 11.3. The maximum Gasteiger partial charge on any atom is 0.348 e. The van der Waals surface area contributed by atoms with Crippen LogP contribution in [0.2, 0.25) is 0 Å². The summed E-state index contributed by atoms with van der Waals surface area (Å²) in [4.78, 5) is 25.7. The molecule has 42 heavy (non-hydrogen) atoms. The van der Waals surface area contributed by atoms with Gasteiger partial charge < -0.3 is 18.8 Å². The quantitative estimate of drug-likeness (QED) is 0.229. The van der Waals surface area contributed by atoms with E-state index in [0.717, 1.165) is 60.0 Å². The van der Waals surface area contributed by atoms with Crippen LogP contribution in [0.4, 0.5) is 4.39 Å². The molecular formula is C31H30FN5O4S. The fourth-order valence-electron chi connectivity index (χ4n) is 5.05. The molecule has 9 nitrogen and oxygen atoms in total. The normalized spacial score (nSPS) is 17.0. The first-order valence-corrected chi connectivity index (χ1v) is 14.8. The van der Waals surface area contributed by atoms with Crippen LogP contribution in [0.3, 0.4) is 0 Å². The Morgan fingerprint density at radius 1 is 1.26 bits per heavy atom. The number of benzene rings is 1. The Morgan fingerprint density at radius 3 is 2.86 bits per heavy atom. The topological polar surface area (TPSA) is 102 Å². The number of carbonyl (C=O) groups is 1. The number of halogens is 1. The minimum absolute atomic E-state index is 0.0259. The van der Waals surface area contributed by atoms with Crippen LogP contribution in [0.1, 0.15) is 52.1 Å². The predicted molar refractivity (Wildman–Crippen MR) is 155 cm³/mol. The van der Waals surface area contributed by atoms with Crippen LogP contribution in [-0.4, -0.2) is 57.8 Å². The van der Waals surface area contributed by atoms with Crippen molar-refractivity contribution < 1.29 is 23.4 Å². The second-order valence-electron chi connectivity index (χ2n) is 10.2. The zero-order valence-electron chi connectivity index (χ0n) is 23.2. The molecule has 5 heterocycles. The molecule has 0 aliphatic carbocycles. The molecule has 11 heteroatoms. The lowest BCUT2D eigenvalue weighted by atomic mass is 10.0. The molecule has 1 saturated heterocycles. The summed E-state index contributed by atoms with van der Waals surface area (Å²) in [6, 6.07) is 13.7. The van der Waals surface area contributed by atoms with Crippen LogP contribution in [0.5, 0.6) is 5.88 Å². The summed E-state index contributed by atoms with van der Waals surface area (Å²) in [6.45, 7) is 5.92. The Labute approximate surface area is 246 Å². The molecule has 0 N–H and O–H groups in total. The van der Waals surface area contributed by atoms with Crippen molar-refractivity contribution in [3.8, 4) is 11.9 Å². The molecule has 4 aromatic rings. The minimum atomic E-state index is -0.472. The van der Waals surface area contributed by atoms with Crippen molar-refractivity contribution in [2.75, 3.05) is 26.3 Å². The van der Waals surface area contributed by atoms with Gasteiger partial charge in [-0.15, -0.1) is 11.3 Å². The van der Waals surface area contributed by atoms with Gasteiger partial charge in [-0.25, -0.2) is 19.2 Å². The van der Waals surface area contributed by atoms with Gasteiger partial charge in [-0.05, 0) is 49.6 Å². The summed E-state index contributed by atoms with van der Waals surface area (Å²) in [6.07, 6.45) is 4.17. The van der Waals surface area contributed by atoms with Crippen LogP contribution in [0, 0.1) is 17.1 Å². The Kier molecular flexibility index (Phi) is 8.28. The molecule has 6 rings (SSSR count). The summed E-state index contributed by atoms with van der Waals surface area (Å²) in [5.74, 6) is 0.594. The molecule has 1 fully saturated rings. The Bertz CT molecular complexity index is 1690. The third kappa shape index (κ3) is 6.06. The number of fused-ring (bicyclic) bond motifs is 1. The van der Waals surface area contributed by atoms with Crippen LogP contribution >= 0.6 is 11.3 Å². The standard InChI is InChI=1S/C31H30FN5O4S/c1-2-39-31(38)27-15-26-30(42-27)37(17-23-10-13-40-23)28(34-26)18-36-11-8-21(9-12-36)25-4-3-5-29(35-25)41-19-22-7-6-20(16-33)14-24(22)32/h3-8,14-15,23H,2,9-13,17-19H2,1H3/t23-/m0/s1. The zero-order chi connectivity index (χ0) is 29.1. The first kappa shape index (κ1) is 28.0. The highest BCUT2D eigenvalue weighted by molar-refractivity contribution is 7.20. The van der Waals surface area contributed by atoms with Crippen LogP contribution in [-0.2, 0) is 29.2 Å². The van der Waals surface area contributed by atoms with Crippen molar-refractivity contribution >= 4 is 33.2 Å². The minimum Gasteiger partial charge on any atom is -0.473 e. The molecule has 1 aromatic carbocycles.